The van der Waals surface area contributed by atoms with Gasteiger partial charge in [0.2, 0.25) is 0 Å². The number of benzene rings is 2. The van der Waals surface area contributed by atoms with Crippen LogP contribution in [0.15, 0.2) is 72.9 Å². The first-order valence-corrected chi connectivity index (χ1v) is 10.5. The highest BCUT2D eigenvalue weighted by Gasteiger charge is 2.21. The number of rotatable bonds is 11. The van der Waals surface area contributed by atoms with E-state index in [-0.39, 0.29) is 6.42 Å². The summed E-state index contributed by atoms with van der Waals surface area (Å²) in [5.74, 6) is 0.0596. The van der Waals surface area contributed by atoms with Crippen molar-refractivity contribution < 1.29 is 19.4 Å². The molecule has 0 aliphatic carbocycles. The Morgan fingerprint density at radius 1 is 1.03 bits per heavy atom. The molecule has 0 radical (unpaired) electrons. The lowest BCUT2D eigenvalue weighted by Gasteiger charge is -2.15. The molecule has 2 aromatic carbocycles. The van der Waals surface area contributed by atoms with Crippen LogP contribution in [-0.4, -0.2) is 41.2 Å². The molecular weight excluding hydrogens is 406 g/mol. The Hall–Kier alpha value is -3.87. The van der Waals surface area contributed by atoms with Crippen molar-refractivity contribution in [1.29, 1.82) is 0 Å². The van der Waals surface area contributed by atoms with E-state index in [0.29, 0.717) is 17.9 Å². The van der Waals surface area contributed by atoms with Gasteiger partial charge in [-0.05, 0) is 55.3 Å². The van der Waals surface area contributed by atoms with Crippen LogP contribution in [0.25, 0.3) is 0 Å². The fourth-order valence-corrected chi connectivity index (χ4v) is 3.05. The van der Waals surface area contributed by atoms with Gasteiger partial charge in [0.05, 0.1) is 6.61 Å². The lowest BCUT2D eigenvalue weighted by atomic mass is 10.0. The summed E-state index contributed by atoms with van der Waals surface area (Å²) in [4.78, 5) is 28.2. The third-order valence-electron chi connectivity index (χ3n) is 4.84. The number of pyridine rings is 1. The summed E-state index contributed by atoms with van der Waals surface area (Å²) in [6.45, 7) is 3.22. The number of hydrogen-bond donors (Lipinski definition) is 3. The second-order valence-electron chi connectivity index (χ2n) is 7.42. The summed E-state index contributed by atoms with van der Waals surface area (Å²) in [6.07, 6.45) is 2.73. The van der Waals surface area contributed by atoms with Crippen LogP contribution < -0.4 is 15.4 Å². The maximum atomic E-state index is 12.4. The number of aliphatic carboxylic acids is 1. The molecule has 3 N–H and O–H groups in total. The predicted molar refractivity (Wildman–Crippen MR) is 123 cm³/mol. The highest BCUT2D eigenvalue weighted by molar-refractivity contribution is 5.96. The molecule has 1 unspecified atom stereocenters. The number of aryl methyl sites for hydroxylation is 1. The first kappa shape index (κ1) is 22.8. The Kier molecular flexibility index (Phi) is 8.20. The Labute approximate surface area is 187 Å². The van der Waals surface area contributed by atoms with Crippen LogP contribution in [0.3, 0.4) is 0 Å². The van der Waals surface area contributed by atoms with Crippen molar-refractivity contribution in [3.8, 4) is 5.75 Å². The minimum Gasteiger partial charge on any atom is -0.494 e. The SMILES string of the molecule is Cc1ccc(C(=O)NC(Cc2ccc(OCCCNc3ccccn3)cc2)C(=O)O)cc1. The summed E-state index contributed by atoms with van der Waals surface area (Å²) in [5.41, 5.74) is 2.26. The van der Waals surface area contributed by atoms with Crippen LogP contribution in [0.1, 0.15) is 27.9 Å². The van der Waals surface area contributed by atoms with E-state index in [1.807, 2.05) is 61.5 Å². The molecule has 0 bridgehead atoms. The van der Waals surface area contributed by atoms with Crippen molar-refractivity contribution in [2.75, 3.05) is 18.5 Å². The maximum Gasteiger partial charge on any atom is 0.326 e. The first-order valence-electron chi connectivity index (χ1n) is 10.5. The van der Waals surface area contributed by atoms with Gasteiger partial charge in [-0.15, -0.1) is 0 Å². The van der Waals surface area contributed by atoms with Crippen LogP contribution in [0.5, 0.6) is 5.75 Å². The molecule has 0 aliphatic heterocycles. The zero-order chi connectivity index (χ0) is 22.8. The van der Waals surface area contributed by atoms with Crippen molar-refractivity contribution in [3.05, 3.63) is 89.6 Å². The van der Waals surface area contributed by atoms with Crippen LogP contribution in [0, 0.1) is 6.92 Å². The van der Waals surface area contributed by atoms with Crippen LogP contribution >= 0.6 is 0 Å². The summed E-state index contributed by atoms with van der Waals surface area (Å²) in [5, 5.41) is 15.3. The van der Waals surface area contributed by atoms with Gasteiger partial charge in [-0.1, -0.05) is 35.9 Å². The molecule has 3 rings (SSSR count). The van der Waals surface area contributed by atoms with Gasteiger partial charge in [0.1, 0.15) is 17.6 Å². The van der Waals surface area contributed by atoms with Gasteiger partial charge in [0.25, 0.3) is 5.91 Å². The number of carbonyl (C=O) groups is 2. The lowest BCUT2D eigenvalue weighted by Crippen LogP contribution is -2.42. The quantitative estimate of drug-likeness (QED) is 0.399. The summed E-state index contributed by atoms with van der Waals surface area (Å²) in [6, 6.07) is 18.9. The molecule has 1 atom stereocenters. The smallest absolute Gasteiger partial charge is 0.326 e. The van der Waals surface area contributed by atoms with E-state index in [1.165, 1.54) is 0 Å². The largest absolute Gasteiger partial charge is 0.494 e. The summed E-state index contributed by atoms with van der Waals surface area (Å²) < 4.78 is 5.74. The fourth-order valence-electron chi connectivity index (χ4n) is 3.05. The highest BCUT2D eigenvalue weighted by atomic mass is 16.5. The van der Waals surface area contributed by atoms with E-state index in [9.17, 15) is 14.7 Å². The first-order chi connectivity index (χ1) is 15.5. The summed E-state index contributed by atoms with van der Waals surface area (Å²) >= 11 is 0. The number of nitrogens with zero attached hydrogens (tertiary/aromatic N) is 1. The number of anilines is 1. The standard InChI is InChI=1S/C25H27N3O4/c1-18-6-10-20(11-7-18)24(29)28-22(25(30)31)17-19-8-12-21(13-9-19)32-16-4-15-27-23-5-2-3-14-26-23/h2-3,5-14,22H,4,15-17H2,1H3,(H,26,27)(H,28,29)(H,30,31). The number of carboxylic acids is 1. The van der Waals surface area contributed by atoms with Crippen LogP contribution in [-0.2, 0) is 11.2 Å². The third kappa shape index (κ3) is 7.12. The van der Waals surface area contributed by atoms with Gasteiger partial charge >= 0.3 is 5.97 Å². The van der Waals surface area contributed by atoms with E-state index in [0.717, 1.165) is 29.9 Å². The molecule has 0 saturated carbocycles. The van der Waals surface area contributed by atoms with Gasteiger partial charge in [-0.3, -0.25) is 4.79 Å². The average molecular weight is 434 g/mol. The molecule has 1 heterocycles. The number of aromatic nitrogens is 1. The van der Waals surface area contributed by atoms with E-state index in [2.05, 4.69) is 15.6 Å². The minimum absolute atomic E-state index is 0.182. The van der Waals surface area contributed by atoms with Gasteiger partial charge in [0.15, 0.2) is 0 Å². The van der Waals surface area contributed by atoms with E-state index in [1.54, 1.807) is 18.3 Å². The van der Waals surface area contributed by atoms with Gasteiger partial charge in [-0.25, -0.2) is 9.78 Å². The second-order valence-corrected chi connectivity index (χ2v) is 7.42. The normalized spacial score (nSPS) is 11.4. The number of carbonyl (C=O) groups excluding carboxylic acids is 1. The van der Waals surface area contributed by atoms with Crippen LogP contribution in [0.2, 0.25) is 0 Å². The van der Waals surface area contributed by atoms with Crippen molar-refractivity contribution in [1.82, 2.24) is 10.3 Å². The van der Waals surface area contributed by atoms with E-state index in [4.69, 9.17) is 4.74 Å². The molecule has 1 amide bonds. The fraction of sp³-hybridized carbons (Fsp3) is 0.240. The van der Waals surface area contributed by atoms with Gasteiger partial charge in [-0.2, -0.15) is 0 Å². The van der Waals surface area contributed by atoms with Crippen LogP contribution in [0.4, 0.5) is 5.82 Å². The molecule has 166 valence electrons. The number of hydrogen-bond acceptors (Lipinski definition) is 5. The third-order valence-corrected chi connectivity index (χ3v) is 4.84. The monoisotopic (exact) mass is 433 g/mol. The Morgan fingerprint density at radius 2 is 1.78 bits per heavy atom. The zero-order valence-electron chi connectivity index (χ0n) is 18.0. The predicted octanol–water partition coefficient (Wildman–Crippen LogP) is 3.70. The number of ether oxygens (including phenoxy) is 1. The van der Waals surface area contributed by atoms with E-state index >= 15 is 0 Å². The second kappa shape index (κ2) is 11.5. The molecule has 0 saturated heterocycles. The minimum atomic E-state index is -1.08. The number of amides is 1. The number of carboxylic acid groups (broad SMARTS) is 1. The van der Waals surface area contributed by atoms with Crippen molar-refractivity contribution >= 4 is 17.7 Å². The molecular formula is C25H27N3O4. The highest BCUT2D eigenvalue weighted by Crippen LogP contribution is 2.14. The van der Waals surface area contributed by atoms with Crippen molar-refractivity contribution in [3.63, 3.8) is 0 Å². The van der Waals surface area contributed by atoms with Crippen molar-refractivity contribution in [2.24, 2.45) is 0 Å². The summed E-state index contributed by atoms with van der Waals surface area (Å²) in [7, 11) is 0. The Morgan fingerprint density at radius 3 is 2.44 bits per heavy atom. The Bertz CT molecular complexity index is 1010. The zero-order valence-corrected chi connectivity index (χ0v) is 18.0. The Balaban J connectivity index is 1.45. The molecule has 7 nitrogen and oxygen atoms in total. The number of nitrogens with one attached hydrogen (secondary N) is 2. The van der Waals surface area contributed by atoms with Gasteiger partial charge in [0, 0.05) is 24.7 Å². The molecule has 3 aromatic rings. The average Bonchev–Trinajstić information content (AvgIpc) is 2.80. The van der Waals surface area contributed by atoms with Gasteiger partial charge < -0.3 is 20.5 Å². The topological polar surface area (TPSA) is 101 Å². The molecule has 0 fully saturated rings. The maximum absolute atomic E-state index is 12.4. The lowest BCUT2D eigenvalue weighted by molar-refractivity contribution is -0.139. The molecule has 32 heavy (non-hydrogen) atoms. The molecule has 1 aromatic heterocycles. The molecule has 0 spiro atoms. The van der Waals surface area contributed by atoms with Crippen molar-refractivity contribution in [2.45, 2.75) is 25.8 Å². The molecule has 7 heteroatoms. The molecule has 0 aliphatic rings. The van der Waals surface area contributed by atoms with E-state index < -0.39 is 17.9 Å².